The highest BCUT2D eigenvalue weighted by Crippen LogP contribution is 2.64. The molecular formula is C21H33N3O2. The largest absolute Gasteiger partial charge is 0.342 e. The Hall–Kier alpha value is -1.36. The van der Waals surface area contributed by atoms with Crippen molar-refractivity contribution < 1.29 is 9.59 Å². The number of likely N-dealkylation sites (N-methyl/N-ethyl adjacent to an activating group) is 1. The van der Waals surface area contributed by atoms with Crippen molar-refractivity contribution in [3.63, 3.8) is 0 Å². The van der Waals surface area contributed by atoms with Crippen LogP contribution in [0.3, 0.4) is 0 Å². The van der Waals surface area contributed by atoms with Gasteiger partial charge in [-0.3, -0.25) is 14.6 Å². The predicted octanol–water partition coefficient (Wildman–Crippen LogP) is 2.72. The summed E-state index contributed by atoms with van der Waals surface area (Å²) in [6.07, 6.45) is 9.38. The molecule has 3 aliphatic carbocycles. The normalized spacial score (nSPS) is 44.7. The molecule has 144 valence electrons. The Bertz CT molecular complexity index is 672. The number of rotatable bonds is 1. The molecule has 0 aromatic heterocycles. The highest BCUT2D eigenvalue weighted by atomic mass is 16.2. The average Bonchev–Trinajstić information content (AvgIpc) is 2.95. The summed E-state index contributed by atoms with van der Waals surface area (Å²) in [5.74, 6) is 7.92. The minimum Gasteiger partial charge on any atom is -0.342 e. The number of hydrogen-bond acceptors (Lipinski definition) is 3. The molecule has 1 unspecified atom stereocenters. The summed E-state index contributed by atoms with van der Waals surface area (Å²) in [7, 11) is 3.65. The van der Waals surface area contributed by atoms with Gasteiger partial charge in [0.25, 0.3) is 5.91 Å². The van der Waals surface area contributed by atoms with Crippen molar-refractivity contribution in [1.82, 2.24) is 9.91 Å². The molecule has 0 aromatic rings. The van der Waals surface area contributed by atoms with Gasteiger partial charge in [-0.15, -0.1) is 0 Å². The van der Waals surface area contributed by atoms with E-state index in [0.717, 1.165) is 37.7 Å². The van der Waals surface area contributed by atoms with Crippen LogP contribution < -0.4 is 5.84 Å². The molecule has 2 amide bonds. The second kappa shape index (κ2) is 5.82. The molecule has 5 heteroatoms. The lowest BCUT2D eigenvalue weighted by atomic mass is 9.47. The second-order valence-electron chi connectivity index (χ2n) is 9.71. The van der Waals surface area contributed by atoms with Crippen LogP contribution in [0.15, 0.2) is 11.6 Å². The van der Waals surface area contributed by atoms with Crippen LogP contribution >= 0.6 is 0 Å². The fourth-order valence-corrected chi connectivity index (χ4v) is 7.24. The number of likely N-dealkylation sites (tertiary alicyclic amines) is 1. The molecular weight excluding hydrogens is 326 g/mol. The summed E-state index contributed by atoms with van der Waals surface area (Å²) in [4.78, 5) is 26.9. The van der Waals surface area contributed by atoms with Crippen molar-refractivity contribution in [2.24, 2.45) is 34.4 Å². The quantitative estimate of drug-likeness (QED) is 0.445. The molecule has 2 N–H and O–H groups in total. The third-order valence-corrected chi connectivity index (χ3v) is 8.69. The molecule has 1 aliphatic heterocycles. The molecule has 6 atom stereocenters. The molecule has 2 saturated carbocycles. The maximum Gasteiger partial charge on any atom is 0.263 e. The van der Waals surface area contributed by atoms with E-state index < -0.39 is 0 Å². The lowest BCUT2D eigenvalue weighted by molar-refractivity contribution is -0.156. The Labute approximate surface area is 156 Å². The van der Waals surface area contributed by atoms with Crippen LogP contribution in [0.25, 0.3) is 0 Å². The highest BCUT2D eigenvalue weighted by Gasteiger charge is 2.60. The average molecular weight is 360 g/mol. The number of hydrazine groups is 1. The molecule has 1 heterocycles. The lowest BCUT2D eigenvalue weighted by Gasteiger charge is -2.61. The molecule has 26 heavy (non-hydrogen) atoms. The van der Waals surface area contributed by atoms with E-state index in [0.29, 0.717) is 36.1 Å². The summed E-state index contributed by atoms with van der Waals surface area (Å²) < 4.78 is 0. The van der Waals surface area contributed by atoms with Crippen molar-refractivity contribution in [2.75, 3.05) is 14.1 Å². The van der Waals surface area contributed by atoms with Crippen molar-refractivity contribution in [3.8, 4) is 0 Å². The number of piperidine rings is 1. The first-order chi connectivity index (χ1) is 12.2. The minimum absolute atomic E-state index is 0.0173. The van der Waals surface area contributed by atoms with Crippen LogP contribution in [0.1, 0.15) is 58.8 Å². The van der Waals surface area contributed by atoms with E-state index >= 15 is 0 Å². The number of nitrogens with two attached hydrogens (primary N) is 1. The number of hydrogen-bond donors (Lipinski definition) is 1. The van der Waals surface area contributed by atoms with Crippen molar-refractivity contribution in [3.05, 3.63) is 11.6 Å². The zero-order valence-corrected chi connectivity index (χ0v) is 16.6. The topological polar surface area (TPSA) is 66.6 Å². The van der Waals surface area contributed by atoms with Crippen LogP contribution in [-0.2, 0) is 9.59 Å². The van der Waals surface area contributed by atoms with Gasteiger partial charge in [0.15, 0.2) is 0 Å². The van der Waals surface area contributed by atoms with Crippen LogP contribution in [-0.4, -0.2) is 41.9 Å². The first-order valence-corrected chi connectivity index (χ1v) is 10.2. The van der Waals surface area contributed by atoms with Gasteiger partial charge < -0.3 is 4.90 Å². The van der Waals surface area contributed by atoms with Crippen molar-refractivity contribution in [1.29, 1.82) is 0 Å². The van der Waals surface area contributed by atoms with Gasteiger partial charge in [0, 0.05) is 37.5 Å². The predicted molar refractivity (Wildman–Crippen MR) is 101 cm³/mol. The van der Waals surface area contributed by atoms with E-state index in [1.807, 2.05) is 11.9 Å². The molecule has 5 nitrogen and oxygen atoms in total. The molecule has 0 bridgehead atoms. The smallest absolute Gasteiger partial charge is 0.263 e. The van der Waals surface area contributed by atoms with Gasteiger partial charge in [-0.1, -0.05) is 19.9 Å². The summed E-state index contributed by atoms with van der Waals surface area (Å²) in [6, 6.07) is 0.389. The highest BCUT2D eigenvalue weighted by molar-refractivity contribution is 5.94. The van der Waals surface area contributed by atoms with Gasteiger partial charge in [-0.2, -0.15) is 0 Å². The standard InChI is InChI=1S/C21H33N3O2/c1-20-11-9-15-13(14(20)6-7-16(20)19(26)24(4)22)5-8-17-21(15,2)12-10-18(25)23(17)3/h7,13-15,17H,5-6,8-12,22H2,1-4H3/t13-,14-,15-,17?,20-,21+/m0/s1. The summed E-state index contributed by atoms with van der Waals surface area (Å²) in [5.41, 5.74) is 1.13. The van der Waals surface area contributed by atoms with Gasteiger partial charge in [0.05, 0.1) is 0 Å². The van der Waals surface area contributed by atoms with Crippen molar-refractivity contribution >= 4 is 11.8 Å². The zero-order chi connectivity index (χ0) is 18.9. The van der Waals surface area contributed by atoms with Crippen molar-refractivity contribution in [2.45, 2.75) is 64.8 Å². The SMILES string of the molecule is CN(N)C(=O)C1=CC[C@H]2[C@@H]3CCC4N(C)C(=O)CC[C@]4(C)[C@H]3CC[C@]12C. The molecule has 3 fully saturated rings. The van der Waals surface area contributed by atoms with Gasteiger partial charge in [-0.25, -0.2) is 5.84 Å². The monoisotopic (exact) mass is 359 g/mol. The number of carbonyl (C=O) groups excluding carboxylic acids is 2. The van der Waals surface area contributed by atoms with Crippen LogP contribution in [0.2, 0.25) is 0 Å². The molecule has 0 radical (unpaired) electrons. The first-order valence-electron chi connectivity index (χ1n) is 10.2. The Morgan fingerprint density at radius 2 is 1.96 bits per heavy atom. The van der Waals surface area contributed by atoms with Crippen LogP contribution in [0.4, 0.5) is 0 Å². The molecule has 4 rings (SSSR count). The molecule has 4 aliphatic rings. The van der Waals surface area contributed by atoms with Gasteiger partial charge >= 0.3 is 0 Å². The minimum atomic E-state index is -0.0362. The number of fused-ring (bicyclic) bond motifs is 5. The fourth-order valence-electron chi connectivity index (χ4n) is 7.24. The fraction of sp³-hybridized carbons (Fsp3) is 0.810. The third kappa shape index (κ3) is 2.25. The summed E-state index contributed by atoms with van der Waals surface area (Å²) >= 11 is 0. The number of carbonyl (C=O) groups is 2. The maximum absolute atomic E-state index is 12.6. The third-order valence-electron chi connectivity index (χ3n) is 8.69. The maximum atomic E-state index is 12.6. The van der Waals surface area contributed by atoms with Gasteiger partial charge in [0.2, 0.25) is 5.91 Å². The Balaban J connectivity index is 1.62. The summed E-state index contributed by atoms with van der Waals surface area (Å²) in [6.45, 7) is 4.72. The number of amides is 2. The van der Waals surface area contributed by atoms with E-state index in [1.165, 1.54) is 11.4 Å². The van der Waals surface area contributed by atoms with Gasteiger partial charge in [0.1, 0.15) is 0 Å². The van der Waals surface area contributed by atoms with E-state index in [1.54, 1.807) is 7.05 Å². The number of nitrogens with zero attached hydrogens (tertiary/aromatic N) is 2. The molecule has 0 spiro atoms. The van der Waals surface area contributed by atoms with E-state index in [9.17, 15) is 9.59 Å². The van der Waals surface area contributed by atoms with Crippen LogP contribution in [0.5, 0.6) is 0 Å². The zero-order valence-electron chi connectivity index (χ0n) is 16.6. The summed E-state index contributed by atoms with van der Waals surface area (Å²) in [5, 5.41) is 1.24. The molecule has 0 aromatic carbocycles. The van der Waals surface area contributed by atoms with E-state index in [2.05, 4.69) is 19.9 Å². The molecule has 1 saturated heterocycles. The van der Waals surface area contributed by atoms with E-state index in [4.69, 9.17) is 5.84 Å². The number of allylic oxidation sites excluding steroid dienone is 1. The Kier molecular flexibility index (Phi) is 4.03. The first kappa shape index (κ1) is 18.0. The lowest BCUT2D eigenvalue weighted by Crippen LogP contribution is -2.61. The Morgan fingerprint density at radius 3 is 2.65 bits per heavy atom. The van der Waals surface area contributed by atoms with Gasteiger partial charge in [-0.05, 0) is 61.7 Å². The van der Waals surface area contributed by atoms with E-state index in [-0.39, 0.29) is 16.7 Å². The van der Waals surface area contributed by atoms with Crippen LogP contribution in [0, 0.1) is 28.6 Å². The Morgan fingerprint density at radius 1 is 1.23 bits per heavy atom. The second-order valence-corrected chi connectivity index (χ2v) is 9.71.